The summed E-state index contributed by atoms with van der Waals surface area (Å²) < 4.78 is 51.4. The maximum atomic E-state index is 13.2. The molecular formula is C11H8F4N2. The van der Waals surface area contributed by atoms with Crippen LogP contribution in [0.5, 0.6) is 0 Å². The Hall–Kier alpha value is -1.77. The van der Waals surface area contributed by atoms with Crippen LogP contribution in [-0.2, 0) is 0 Å². The van der Waals surface area contributed by atoms with Crippen LogP contribution in [0.4, 0.5) is 23.2 Å². The SMILES string of the molecule is N#Cc1c(F)cc(NC2CC(F)(F)C2)cc1F. The third-order valence-corrected chi connectivity index (χ3v) is 2.61. The standard InChI is InChI=1S/C11H8F4N2/c12-9-1-6(2-10(13)8(9)5-16)17-7-3-11(14,15)4-7/h1-2,7,17H,3-4H2. The molecule has 1 aliphatic rings. The summed E-state index contributed by atoms with van der Waals surface area (Å²) in [5, 5.41) is 11.0. The van der Waals surface area contributed by atoms with Gasteiger partial charge in [-0.3, -0.25) is 0 Å². The molecule has 0 unspecified atom stereocenters. The van der Waals surface area contributed by atoms with Crippen molar-refractivity contribution in [2.75, 3.05) is 5.32 Å². The normalized spacial score (nSPS) is 18.3. The second-order valence-corrected chi connectivity index (χ2v) is 4.03. The fourth-order valence-electron chi connectivity index (χ4n) is 1.76. The zero-order chi connectivity index (χ0) is 12.6. The number of nitrogens with one attached hydrogen (secondary N) is 1. The van der Waals surface area contributed by atoms with E-state index in [2.05, 4.69) is 5.32 Å². The molecule has 2 rings (SSSR count). The zero-order valence-electron chi connectivity index (χ0n) is 8.61. The fraction of sp³-hybridized carbons (Fsp3) is 0.364. The predicted molar refractivity (Wildman–Crippen MR) is 52.7 cm³/mol. The Labute approximate surface area is 94.9 Å². The molecule has 0 bridgehead atoms. The molecule has 6 heteroatoms. The molecule has 0 amide bonds. The van der Waals surface area contributed by atoms with Gasteiger partial charge in [0.2, 0.25) is 0 Å². The monoisotopic (exact) mass is 244 g/mol. The fourth-order valence-corrected chi connectivity index (χ4v) is 1.76. The van der Waals surface area contributed by atoms with Crippen molar-refractivity contribution in [1.29, 1.82) is 5.26 Å². The molecule has 0 saturated heterocycles. The number of benzene rings is 1. The molecule has 1 fully saturated rings. The number of hydrogen-bond acceptors (Lipinski definition) is 2. The molecule has 1 aliphatic carbocycles. The minimum atomic E-state index is -2.69. The summed E-state index contributed by atoms with van der Waals surface area (Å²) >= 11 is 0. The Kier molecular flexibility index (Phi) is 2.69. The van der Waals surface area contributed by atoms with Gasteiger partial charge in [-0.15, -0.1) is 0 Å². The van der Waals surface area contributed by atoms with E-state index in [0.29, 0.717) is 0 Å². The first-order valence-electron chi connectivity index (χ1n) is 4.95. The molecule has 1 aromatic rings. The highest BCUT2D eigenvalue weighted by molar-refractivity contribution is 5.50. The molecule has 0 spiro atoms. The van der Waals surface area contributed by atoms with Crippen LogP contribution in [-0.4, -0.2) is 12.0 Å². The molecule has 2 nitrogen and oxygen atoms in total. The summed E-state index contributed by atoms with van der Waals surface area (Å²) in [5.41, 5.74) is -0.603. The number of nitrogens with zero attached hydrogens (tertiary/aromatic N) is 1. The van der Waals surface area contributed by atoms with Crippen molar-refractivity contribution >= 4 is 5.69 Å². The zero-order valence-corrected chi connectivity index (χ0v) is 8.61. The van der Waals surface area contributed by atoms with Gasteiger partial charge in [0.25, 0.3) is 5.92 Å². The summed E-state index contributed by atoms with van der Waals surface area (Å²) in [5.74, 6) is -4.69. The molecule has 0 aliphatic heterocycles. The van der Waals surface area contributed by atoms with Crippen LogP contribution in [0.25, 0.3) is 0 Å². The van der Waals surface area contributed by atoms with E-state index in [1.54, 1.807) is 0 Å². The van der Waals surface area contributed by atoms with Crippen molar-refractivity contribution < 1.29 is 17.6 Å². The molecule has 0 aromatic heterocycles. The maximum absolute atomic E-state index is 13.2. The summed E-state index contributed by atoms with van der Waals surface area (Å²) in [4.78, 5) is 0. The van der Waals surface area contributed by atoms with E-state index in [-0.39, 0.29) is 18.5 Å². The molecule has 1 saturated carbocycles. The molecule has 90 valence electrons. The first-order chi connectivity index (χ1) is 7.91. The van der Waals surface area contributed by atoms with E-state index in [4.69, 9.17) is 5.26 Å². The van der Waals surface area contributed by atoms with Gasteiger partial charge in [0, 0.05) is 24.6 Å². The van der Waals surface area contributed by atoms with Crippen LogP contribution in [0.15, 0.2) is 12.1 Å². The minimum Gasteiger partial charge on any atom is -0.382 e. The van der Waals surface area contributed by atoms with E-state index < -0.39 is 29.2 Å². The van der Waals surface area contributed by atoms with Gasteiger partial charge in [-0.2, -0.15) is 5.26 Å². The Morgan fingerprint density at radius 3 is 2.18 bits per heavy atom. The van der Waals surface area contributed by atoms with Gasteiger partial charge in [0.1, 0.15) is 23.3 Å². The number of hydrogen-bond donors (Lipinski definition) is 1. The van der Waals surface area contributed by atoms with Crippen molar-refractivity contribution in [3.05, 3.63) is 29.3 Å². The van der Waals surface area contributed by atoms with Crippen LogP contribution in [0.3, 0.4) is 0 Å². The molecule has 0 radical (unpaired) electrons. The minimum absolute atomic E-state index is 0.0690. The van der Waals surface area contributed by atoms with E-state index in [1.807, 2.05) is 0 Å². The highest BCUT2D eigenvalue weighted by Crippen LogP contribution is 2.39. The number of alkyl halides is 2. The van der Waals surface area contributed by atoms with E-state index in [9.17, 15) is 17.6 Å². The van der Waals surface area contributed by atoms with Gasteiger partial charge < -0.3 is 5.32 Å². The van der Waals surface area contributed by atoms with Crippen molar-refractivity contribution in [3.63, 3.8) is 0 Å². The maximum Gasteiger partial charge on any atom is 0.252 e. The van der Waals surface area contributed by atoms with Crippen LogP contribution in [0.2, 0.25) is 0 Å². The van der Waals surface area contributed by atoms with Crippen molar-refractivity contribution in [2.24, 2.45) is 0 Å². The van der Waals surface area contributed by atoms with Gasteiger partial charge >= 0.3 is 0 Å². The van der Waals surface area contributed by atoms with Crippen LogP contribution < -0.4 is 5.32 Å². The quantitative estimate of drug-likeness (QED) is 0.811. The first-order valence-corrected chi connectivity index (χ1v) is 4.95. The van der Waals surface area contributed by atoms with Crippen molar-refractivity contribution in [3.8, 4) is 6.07 Å². The predicted octanol–water partition coefficient (Wildman–Crippen LogP) is 3.05. The lowest BCUT2D eigenvalue weighted by molar-refractivity contribution is -0.0793. The highest BCUT2D eigenvalue weighted by atomic mass is 19.3. The number of anilines is 1. The molecule has 0 heterocycles. The lowest BCUT2D eigenvalue weighted by atomic mass is 9.88. The van der Waals surface area contributed by atoms with E-state index in [1.165, 1.54) is 6.07 Å². The topological polar surface area (TPSA) is 35.8 Å². The second-order valence-electron chi connectivity index (χ2n) is 4.03. The average Bonchev–Trinajstić information content (AvgIpc) is 2.14. The van der Waals surface area contributed by atoms with Gasteiger partial charge in [0.05, 0.1) is 0 Å². The third kappa shape index (κ3) is 2.33. The van der Waals surface area contributed by atoms with Gasteiger partial charge in [-0.25, -0.2) is 17.6 Å². The Morgan fingerprint density at radius 2 is 1.76 bits per heavy atom. The lowest BCUT2D eigenvalue weighted by Gasteiger charge is -2.36. The van der Waals surface area contributed by atoms with Crippen LogP contribution >= 0.6 is 0 Å². The van der Waals surface area contributed by atoms with Crippen molar-refractivity contribution in [2.45, 2.75) is 24.8 Å². The lowest BCUT2D eigenvalue weighted by Crippen LogP contribution is -2.44. The number of rotatable bonds is 2. The average molecular weight is 244 g/mol. The van der Waals surface area contributed by atoms with E-state index in [0.717, 1.165) is 12.1 Å². The molecule has 1 aromatic carbocycles. The first kappa shape index (κ1) is 11.7. The molecular weight excluding hydrogens is 236 g/mol. The highest BCUT2D eigenvalue weighted by Gasteiger charge is 2.45. The Morgan fingerprint density at radius 1 is 1.24 bits per heavy atom. The largest absolute Gasteiger partial charge is 0.382 e. The third-order valence-electron chi connectivity index (χ3n) is 2.61. The Bertz CT molecular complexity index is 462. The summed E-state index contributed by atoms with van der Waals surface area (Å²) in [6.07, 6.45) is -0.702. The molecule has 17 heavy (non-hydrogen) atoms. The summed E-state index contributed by atoms with van der Waals surface area (Å²) in [7, 11) is 0. The van der Waals surface area contributed by atoms with Gasteiger partial charge in [-0.05, 0) is 12.1 Å². The number of nitriles is 1. The summed E-state index contributed by atoms with van der Waals surface area (Å²) in [6.45, 7) is 0. The Balaban J connectivity index is 2.11. The van der Waals surface area contributed by atoms with Gasteiger partial charge in [-0.1, -0.05) is 0 Å². The number of halogens is 4. The van der Waals surface area contributed by atoms with Gasteiger partial charge in [0.15, 0.2) is 0 Å². The van der Waals surface area contributed by atoms with E-state index >= 15 is 0 Å². The van der Waals surface area contributed by atoms with Crippen molar-refractivity contribution in [1.82, 2.24) is 0 Å². The van der Waals surface area contributed by atoms with Crippen LogP contribution in [0.1, 0.15) is 18.4 Å². The summed E-state index contributed by atoms with van der Waals surface area (Å²) in [6, 6.07) is 2.76. The molecule has 0 atom stereocenters. The van der Waals surface area contributed by atoms with Crippen LogP contribution in [0, 0.1) is 23.0 Å². The molecule has 1 N–H and O–H groups in total. The smallest absolute Gasteiger partial charge is 0.252 e. The second kappa shape index (κ2) is 3.91.